The van der Waals surface area contributed by atoms with Crippen molar-refractivity contribution in [3.8, 4) is 39.5 Å². The Bertz CT molecular complexity index is 2900. The van der Waals surface area contributed by atoms with Crippen LogP contribution >= 0.6 is 0 Å². The van der Waals surface area contributed by atoms with Crippen molar-refractivity contribution >= 4 is 57.1 Å². The zero-order valence-corrected chi connectivity index (χ0v) is 34.0. The van der Waals surface area contributed by atoms with Gasteiger partial charge in [-0.05, 0) is 40.0 Å². The van der Waals surface area contributed by atoms with E-state index in [1.165, 1.54) is 5.19 Å². The maximum atomic E-state index is 6.63. The molecule has 0 amide bonds. The van der Waals surface area contributed by atoms with Crippen molar-refractivity contribution in [2.75, 3.05) is 0 Å². The van der Waals surface area contributed by atoms with Crippen LogP contribution in [0.1, 0.15) is 0 Å². The van der Waals surface area contributed by atoms with Gasteiger partial charge in [0.05, 0.1) is 25.0 Å². The Morgan fingerprint density at radius 1 is 0.600 bits per heavy atom. The monoisotopic (exact) mass is 905 g/mol. The average Bonchev–Trinajstić information content (AvgIpc) is 3.81. The van der Waals surface area contributed by atoms with Gasteiger partial charge in [0.1, 0.15) is 5.58 Å². The summed E-state index contributed by atoms with van der Waals surface area (Å²) in [6.07, 6.45) is 3.91. The standard InChI is InChI=1S/C34H20N3O.C14H16NSi.Ir/c1-3-10-22(11-4-1)24-20-30-33(35-21-24)36-34(37(30)25-13-5-2-6-14-25)29-17-9-16-27-28-19-18-23-12-7-8-15-26(23)31(28)38-32(27)29;1-16(2,3)13-9-10-14(15-11-13)12-7-5-4-6-8-12;/h1-16,18-21H;4-7,9-11H,1-3H3;/q2*-1;. The molecule has 10 aromatic rings. The third-order valence-electron chi connectivity index (χ3n) is 9.79. The fourth-order valence-corrected chi connectivity index (χ4v) is 7.98. The van der Waals surface area contributed by atoms with E-state index in [0.717, 1.165) is 77.7 Å². The maximum absolute atomic E-state index is 6.63. The van der Waals surface area contributed by atoms with E-state index in [1.807, 2.05) is 85.2 Å². The van der Waals surface area contributed by atoms with Crippen LogP contribution in [0.5, 0.6) is 0 Å². The normalized spacial score (nSPS) is 11.4. The summed E-state index contributed by atoms with van der Waals surface area (Å²) in [5.41, 5.74) is 9.29. The molecular weight excluding hydrogens is 869 g/mol. The van der Waals surface area contributed by atoms with E-state index in [4.69, 9.17) is 14.4 Å². The second-order valence-corrected chi connectivity index (χ2v) is 19.4. The van der Waals surface area contributed by atoms with Crippen LogP contribution < -0.4 is 5.19 Å². The molecular formula is C48H36IrN4OSi-2. The van der Waals surface area contributed by atoms with Crippen LogP contribution in [-0.4, -0.2) is 27.6 Å². The average molecular weight is 905 g/mol. The molecule has 0 saturated heterocycles. The number of imidazole rings is 1. The van der Waals surface area contributed by atoms with Crippen LogP contribution in [0.3, 0.4) is 0 Å². The van der Waals surface area contributed by atoms with Gasteiger partial charge in [-0.25, -0.2) is 4.98 Å². The summed E-state index contributed by atoms with van der Waals surface area (Å²) in [6.45, 7) is 7.00. The van der Waals surface area contributed by atoms with E-state index in [0.29, 0.717) is 5.65 Å². The van der Waals surface area contributed by atoms with E-state index in [9.17, 15) is 0 Å². The number of hydrogen-bond donors (Lipinski definition) is 0. The molecule has 0 fully saturated rings. The number of hydrogen-bond acceptors (Lipinski definition) is 4. The smallest absolute Gasteiger partial charge is 0.168 e. The van der Waals surface area contributed by atoms with Crippen LogP contribution in [-0.2, 0) is 20.1 Å². The minimum atomic E-state index is -1.23. The Balaban J connectivity index is 0.000000212. The van der Waals surface area contributed by atoms with Crippen molar-refractivity contribution in [2.45, 2.75) is 19.6 Å². The molecule has 0 atom stereocenters. The Kier molecular flexibility index (Phi) is 9.85. The minimum Gasteiger partial charge on any atom is -0.500 e. The Hall–Kier alpha value is -5.98. The topological polar surface area (TPSA) is 56.7 Å². The third kappa shape index (κ3) is 6.94. The maximum Gasteiger partial charge on any atom is 0.168 e. The molecule has 55 heavy (non-hydrogen) atoms. The Morgan fingerprint density at radius 2 is 1.35 bits per heavy atom. The van der Waals surface area contributed by atoms with Crippen molar-refractivity contribution in [2.24, 2.45) is 0 Å². The largest absolute Gasteiger partial charge is 0.500 e. The molecule has 5 nitrogen and oxygen atoms in total. The Morgan fingerprint density at radius 3 is 2.09 bits per heavy atom. The van der Waals surface area contributed by atoms with E-state index in [2.05, 4.69) is 120 Å². The molecule has 0 saturated carbocycles. The van der Waals surface area contributed by atoms with E-state index < -0.39 is 8.07 Å². The molecule has 1 radical (unpaired) electrons. The van der Waals surface area contributed by atoms with Crippen LogP contribution in [0.4, 0.5) is 0 Å². The molecule has 269 valence electrons. The van der Waals surface area contributed by atoms with Gasteiger partial charge >= 0.3 is 0 Å². The van der Waals surface area contributed by atoms with Gasteiger partial charge in [-0.2, -0.15) is 0 Å². The first-order valence-corrected chi connectivity index (χ1v) is 21.6. The molecule has 10 rings (SSSR count). The summed E-state index contributed by atoms with van der Waals surface area (Å²) in [4.78, 5) is 14.3. The van der Waals surface area contributed by atoms with Crippen LogP contribution in [0, 0.1) is 12.1 Å². The first-order chi connectivity index (χ1) is 26.4. The van der Waals surface area contributed by atoms with Crippen molar-refractivity contribution in [3.05, 3.63) is 176 Å². The van der Waals surface area contributed by atoms with Crippen molar-refractivity contribution < 1.29 is 24.5 Å². The van der Waals surface area contributed by atoms with Gasteiger partial charge in [0.2, 0.25) is 0 Å². The molecule has 0 aliphatic rings. The third-order valence-corrected chi connectivity index (χ3v) is 11.8. The first-order valence-electron chi connectivity index (χ1n) is 18.1. The molecule has 0 unspecified atom stereocenters. The number of rotatable bonds is 5. The molecule has 0 aliphatic heterocycles. The van der Waals surface area contributed by atoms with Gasteiger partial charge in [-0.15, -0.1) is 54.1 Å². The summed E-state index contributed by atoms with van der Waals surface area (Å²) < 4.78 is 8.78. The van der Waals surface area contributed by atoms with E-state index >= 15 is 0 Å². The van der Waals surface area contributed by atoms with Crippen molar-refractivity contribution in [3.63, 3.8) is 0 Å². The van der Waals surface area contributed by atoms with E-state index in [1.54, 1.807) is 0 Å². The number of fused-ring (bicyclic) bond motifs is 6. The van der Waals surface area contributed by atoms with Gasteiger partial charge in [-0.1, -0.05) is 128 Å². The molecule has 4 aromatic heterocycles. The fraction of sp³-hybridized carbons (Fsp3) is 0.0625. The van der Waals surface area contributed by atoms with Crippen LogP contribution in [0.25, 0.3) is 83.3 Å². The van der Waals surface area contributed by atoms with Gasteiger partial charge < -0.3 is 14.0 Å². The van der Waals surface area contributed by atoms with Crippen LogP contribution in [0.2, 0.25) is 19.6 Å². The van der Waals surface area contributed by atoms with Crippen molar-refractivity contribution in [1.29, 1.82) is 0 Å². The molecule has 4 heterocycles. The predicted molar refractivity (Wildman–Crippen MR) is 225 cm³/mol. The van der Waals surface area contributed by atoms with Crippen LogP contribution in [0.15, 0.2) is 168 Å². The number of furan rings is 1. The summed E-state index contributed by atoms with van der Waals surface area (Å²) in [5.74, 6) is 0.748. The van der Waals surface area contributed by atoms with E-state index in [-0.39, 0.29) is 20.1 Å². The summed E-state index contributed by atoms with van der Waals surface area (Å²) in [7, 11) is -1.23. The second kappa shape index (κ2) is 15.0. The Labute approximate surface area is 334 Å². The quantitative estimate of drug-likeness (QED) is 0.128. The molecule has 0 aliphatic carbocycles. The van der Waals surface area contributed by atoms with Gasteiger partial charge in [0.15, 0.2) is 5.65 Å². The number of para-hydroxylation sites is 1. The van der Waals surface area contributed by atoms with Gasteiger partial charge in [0, 0.05) is 54.5 Å². The number of benzene rings is 6. The zero-order valence-electron chi connectivity index (χ0n) is 30.6. The number of aromatic nitrogens is 4. The molecule has 0 spiro atoms. The first kappa shape index (κ1) is 36.0. The zero-order chi connectivity index (χ0) is 36.6. The fourth-order valence-electron chi connectivity index (χ4n) is 6.94. The summed E-state index contributed by atoms with van der Waals surface area (Å²) in [6, 6.07) is 58.3. The van der Waals surface area contributed by atoms with Gasteiger partial charge in [-0.3, -0.25) is 4.98 Å². The SMILES string of the molecule is C[Si](C)(C)c1ccc(-c2[c-]cccc2)nc1.[Ir].[c-]1ccc2c(oc3c4ccccc4ccc23)c1-c1nc2ncc(-c3ccccc3)cc2n1-c1ccccc1. The molecule has 7 heteroatoms. The predicted octanol–water partition coefficient (Wildman–Crippen LogP) is 11.7. The summed E-state index contributed by atoms with van der Waals surface area (Å²) in [5, 5.41) is 5.77. The number of nitrogens with zero attached hydrogens (tertiary/aromatic N) is 4. The molecule has 0 N–H and O–H groups in total. The molecule has 6 aromatic carbocycles. The molecule has 0 bridgehead atoms. The summed E-state index contributed by atoms with van der Waals surface area (Å²) >= 11 is 0. The van der Waals surface area contributed by atoms with Gasteiger partial charge in [0.25, 0.3) is 0 Å². The number of pyridine rings is 2. The van der Waals surface area contributed by atoms with Crippen molar-refractivity contribution in [1.82, 2.24) is 19.5 Å². The second-order valence-electron chi connectivity index (χ2n) is 14.4. The minimum absolute atomic E-state index is 0.